The average Bonchev–Trinajstić information content (AvgIpc) is 2.98. The van der Waals surface area contributed by atoms with Crippen molar-refractivity contribution in [1.29, 1.82) is 0 Å². The first-order valence-electron chi connectivity index (χ1n) is 7.38. The highest BCUT2D eigenvalue weighted by Gasteiger charge is 2.32. The summed E-state index contributed by atoms with van der Waals surface area (Å²) in [4.78, 5) is 25.6. The first-order chi connectivity index (χ1) is 9.13. The molecule has 2 aliphatic rings. The maximum Gasteiger partial charge on any atom is 0.242 e. The molecule has 3 atom stereocenters. The van der Waals surface area contributed by atoms with Gasteiger partial charge in [0.15, 0.2) is 0 Å². The molecule has 0 aromatic carbocycles. The van der Waals surface area contributed by atoms with Crippen LogP contribution in [0.25, 0.3) is 0 Å². The molecule has 5 heteroatoms. The van der Waals surface area contributed by atoms with Gasteiger partial charge in [0.1, 0.15) is 6.04 Å². The number of amides is 2. The largest absolute Gasteiger partial charge is 0.393 e. The van der Waals surface area contributed by atoms with Crippen molar-refractivity contribution in [3.05, 3.63) is 0 Å². The van der Waals surface area contributed by atoms with Crippen LogP contribution in [0.15, 0.2) is 0 Å². The van der Waals surface area contributed by atoms with Gasteiger partial charge in [-0.2, -0.15) is 0 Å². The average molecular weight is 268 g/mol. The zero-order valence-electron chi connectivity index (χ0n) is 11.6. The number of nitrogens with one attached hydrogen (secondary N) is 1. The van der Waals surface area contributed by atoms with Gasteiger partial charge in [-0.1, -0.05) is 13.3 Å². The van der Waals surface area contributed by atoms with Crippen LogP contribution in [0.3, 0.4) is 0 Å². The topological polar surface area (TPSA) is 69.6 Å². The van der Waals surface area contributed by atoms with Gasteiger partial charge < -0.3 is 15.3 Å². The Kier molecular flexibility index (Phi) is 4.80. The van der Waals surface area contributed by atoms with Crippen molar-refractivity contribution in [1.82, 2.24) is 10.2 Å². The van der Waals surface area contributed by atoms with Gasteiger partial charge in [-0.05, 0) is 25.7 Å². The first-order valence-corrected chi connectivity index (χ1v) is 7.38. The lowest BCUT2D eigenvalue weighted by atomic mass is 10.1. The summed E-state index contributed by atoms with van der Waals surface area (Å²) in [5.74, 6) is 0.190. The number of nitrogens with zero attached hydrogens (tertiary/aromatic N) is 1. The summed E-state index contributed by atoms with van der Waals surface area (Å²) in [6.07, 6.45) is 4.61. The molecule has 0 bridgehead atoms. The highest BCUT2D eigenvalue weighted by Crippen LogP contribution is 2.24. The van der Waals surface area contributed by atoms with Crippen molar-refractivity contribution < 1.29 is 14.7 Å². The van der Waals surface area contributed by atoms with E-state index in [0.29, 0.717) is 25.9 Å². The van der Waals surface area contributed by atoms with Crippen LogP contribution in [-0.2, 0) is 9.59 Å². The fraction of sp³-hybridized carbons (Fsp3) is 0.857. The maximum atomic E-state index is 12.2. The molecule has 5 nitrogen and oxygen atoms in total. The third-order valence-electron chi connectivity index (χ3n) is 4.33. The number of aliphatic hydroxyl groups excluding tert-OH is 1. The monoisotopic (exact) mass is 268 g/mol. The maximum absolute atomic E-state index is 12.2. The van der Waals surface area contributed by atoms with Crippen molar-refractivity contribution in [2.24, 2.45) is 5.92 Å². The lowest BCUT2D eigenvalue weighted by Gasteiger charge is -2.26. The SMILES string of the molecule is CCC(C(=O)NCC1CCCC1O)N1CCCC1=O. The van der Waals surface area contributed by atoms with Gasteiger partial charge in [0.2, 0.25) is 11.8 Å². The van der Waals surface area contributed by atoms with E-state index in [1.165, 1.54) is 0 Å². The third kappa shape index (κ3) is 3.26. The van der Waals surface area contributed by atoms with Crippen molar-refractivity contribution in [2.75, 3.05) is 13.1 Å². The second kappa shape index (κ2) is 6.37. The van der Waals surface area contributed by atoms with E-state index in [0.717, 1.165) is 25.7 Å². The predicted octanol–water partition coefficient (Wildman–Crippen LogP) is 0.665. The van der Waals surface area contributed by atoms with Gasteiger partial charge in [0.25, 0.3) is 0 Å². The van der Waals surface area contributed by atoms with E-state index >= 15 is 0 Å². The molecular formula is C14H24N2O3. The van der Waals surface area contributed by atoms with Gasteiger partial charge in [-0.25, -0.2) is 0 Å². The first kappa shape index (κ1) is 14.3. The van der Waals surface area contributed by atoms with E-state index in [2.05, 4.69) is 5.32 Å². The molecule has 0 aromatic rings. The number of likely N-dealkylation sites (tertiary alicyclic amines) is 1. The summed E-state index contributed by atoms with van der Waals surface area (Å²) in [6, 6.07) is -0.339. The summed E-state index contributed by atoms with van der Waals surface area (Å²) in [5, 5.41) is 12.6. The van der Waals surface area contributed by atoms with E-state index in [4.69, 9.17) is 0 Å². The quantitative estimate of drug-likeness (QED) is 0.770. The fourth-order valence-corrected chi connectivity index (χ4v) is 3.15. The summed E-state index contributed by atoms with van der Waals surface area (Å²) in [5.41, 5.74) is 0. The number of hydrogen-bond donors (Lipinski definition) is 2. The summed E-state index contributed by atoms with van der Waals surface area (Å²) < 4.78 is 0. The van der Waals surface area contributed by atoms with Gasteiger partial charge in [0, 0.05) is 25.4 Å². The summed E-state index contributed by atoms with van der Waals surface area (Å²) in [6.45, 7) is 3.15. The van der Waals surface area contributed by atoms with Crippen LogP contribution in [0, 0.1) is 5.92 Å². The summed E-state index contributed by atoms with van der Waals surface area (Å²) in [7, 11) is 0. The Balaban J connectivity index is 1.84. The van der Waals surface area contributed by atoms with Gasteiger partial charge in [0.05, 0.1) is 6.10 Å². The number of aliphatic hydroxyl groups is 1. The van der Waals surface area contributed by atoms with Gasteiger partial charge in [-0.3, -0.25) is 9.59 Å². The van der Waals surface area contributed by atoms with Crippen molar-refractivity contribution in [2.45, 2.75) is 57.6 Å². The second-order valence-electron chi connectivity index (χ2n) is 5.62. The molecule has 1 saturated heterocycles. The highest BCUT2D eigenvalue weighted by molar-refractivity contribution is 5.88. The molecule has 3 unspecified atom stereocenters. The van der Waals surface area contributed by atoms with Gasteiger partial charge in [-0.15, -0.1) is 0 Å². The van der Waals surface area contributed by atoms with Crippen molar-refractivity contribution >= 4 is 11.8 Å². The molecule has 0 radical (unpaired) electrons. The standard InChI is InChI=1S/C14H24N2O3/c1-2-11(16-8-4-7-13(16)18)14(19)15-9-10-5-3-6-12(10)17/h10-12,17H,2-9H2,1H3,(H,15,19). The minimum absolute atomic E-state index is 0.0724. The molecule has 1 aliphatic carbocycles. The summed E-state index contributed by atoms with van der Waals surface area (Å²) >= 11 is 0. The third-order valence-corrected chi connectivity index (χ3v) is 4.33. The normalized spacial score (nSPS) is 28.7. The zero-order chi connectivity index (χ0) is 13.8. The molecule has 1 heterocycles. The molecule has 2 fully saturated rings. The number of hydrogen-bond acceptors (Lipinski definition) is 3. The van der Waals surface area contributed by atoms with Crippen LogP contribution in [0.1, 0.15) is 45.4 Å². The Hall–Kier alpha value is -1.10. The van der Waals surface area contributed by atoms with Crippen LogP contribution >= 0.6 is 0 Å². The molecule has 108 valence electrons. The van der Waals surface area contributed by atoms with Crippen LogP contribution in [0.5, 0.6) is 0 Å². The Bertz CT molecular complexity index is 346. The molecule has 0 spiro atoms. The Labute approximate surface area is 114 Å². The van der Waals surface area contributed by atoms with Crippen LogP contribution in [0.2, 0.25) is 0 Å². The second-order valence-corrected chi connectivity index (χ2v) is 5.62. The molecule has 1 saturated carbocycles. The van der Waals surface area contributed by atoms with E-state index in [9.17, 15) is 14.7 Å². The highest BCUT2D eigenvalue weighted by atomic mass is 16.3. The van der Waals surface area contributed by atoms with E-state index < -0.39 is 0 Å². The molecule has 19 heavy (non-hydrogen) atoms. The number of rotatable bonds is 5. The molecular weight excluding hydrogens is 244 g/mol. The lowest BCUT2D eigenvalue weighted by Crippen LogP contribution is -2.48. The Morgan fingerprint density at radius 1 is 1.47 bits per heavy atom. The van der Waals surface area contributed by atoms with E-state index in [-0.39, 0.29) is 29.9 Å². The Morgan fingerprint density at radius 3 is 2.79 bits per heavy atom. The minimum atomic E-state index is -0.339. The molecule has 2 rings (SSSR count). The fourth-order valence-electron chi connectivity index (χ4n) is 3.15. The molecule has 0 aromatic heterocycles. The van der Waals surface area contributed by atoms with Crippen molar-refractivity contribution in [3.63, 3.8) is 0 Å². The van der Waals surface area contributed by atoms with Crippen molar-refractivity contribution in [3.8, 4) is 0 Å². The minimum Gasteiger partial charge on any atom is -0.393 e. The smallest absolute Gasteiger partial charge is 0.242 e. The molecule has 2 N–H and O–H groups in total. The Morgan fingerprint density at radius 2 is 2.26 bits per heavy atom. The van der Waals surface area contributed by atoms with E-state index in [1.807, 2.05) is 6.92 Å². The molecule has 1 aliphatic heterocycles. The lowest BCUT2D eigenvalue weighted by molar-refractivity contribution is -0.137. The van der Waals surface area contributed by atoms with Crippen LogP contribution in [0.4, 0.5) is 0 Å². The molecule has 2 amide bonds. The zero-order valence-corrected chi connectivity index (χ0v) is 11.6. The number of carbonyl (C=O) groups excluding carboxylic acids is 2. The van der Waals surface area contributed by atoms with Crippen LogP contribution < -0.4 is 5.32 Å². The van der Waals surface area contributed by atoms with E-state index in [1.54, 1.807) is 4.90 Å². The van der Waals surface area contributed by atoms with Gasteiger partial charge >= 0.3 is 0 Å². The van der Waals surface area contributed by atoms with Crippen LogP contribution in [-0.4, -0.2) is 47.1 Å². The predicted molar refractivity (Wildman–Crippen MR) is 71.4 cm³/mol. The number of carbonyl (C=O) groups is 2.